The standard InChI is InChI=1S/C11H16N4O2/c1-8-10(3-2-6-12-8)14-11-5-4-9(7-13-11)15(16)17/h4-5,7-8,10,12H,2-3,6H2,1H3,(H,13,14). The molecule has 0 aliphatic carbocycles. The quantitative estimate of drug-likeness (QED) is 0.614. The van der Waals surface area contributed by atoms with E-state index in [1.807, 2.05) is 0 Å². The maximum Gasteiger partial charge on any atom is 0.287 e. The van der Waals surface area contributed by atoms with Gasteiger partial charge in [0.2, 0.25) is 0 Å². The Bertz CT molecular complexity index is 393. The summed E-state index contributed by atoms with van der Waals surface area (Å²) < 4.78 is 0. The van der Waals surface area contributed by atoms with Gasteiger partial charge >= 0.3 is 0 Å². The average molecular weight is 236 g/mol. The second-order valence-electron chi connectivity index (χ2n) is 4.29. The van der Waals surface area contributed by atoms with Crippen LogP contribution >= 0.6 is 0 Å². The van der Waals surface area contributed by atoms with E-state index in [1.165, 1.54) is 12.3 Å². The fraction of sp³-hybridized carbons (Fsp3) is 0.545. The Labute approximate surface area is 99.6 Å². The lowest BCUT2D eigenvalue weighted by Gasteiger charge is -2.30. The number of hydrogen-bond donors (Lipinski definition) is 2. The lowest BCUT2D eigenvalue weighted by molar-refractivity contribution is -0.385. The van der Waals surface area contributed by atoms with E-state index in [0.29, 0.717) is 17.9 Å². The van der Waals surface area contributed by atoms with Crippen LogP contribution in [0.15, 0.2) is 18.3 Å². The van der Waals surface area contributed by atoms with Crippen LogP contribution in [0.4, 0.5) is 11.5 Å². The van der Waals surface area contributed by atoms with Crippen LogP contribution in [0.1, 0.15) is 19.8 Å². The van der Waals surface area contributed by atoms with Crippen LogP contribution in [0.5, 0.6) is 0 Å². The smallest absolute Gasteiger partial charge is 0.287 e. The van der Waals surface area contributed by atoms with Crippen molar-refractivity contribution >= 4 is 11.5 Å². The van der Waals surface area contributed by atoms with Gasteiger partial charge in [-0.3, -0.25) is 10.1 Å². The SMILES string of the molecule is CC1NCCCC1Nc1ccc([N+](=O)[O-])cn1. The van der Waals surface area contributed by atoms with Crippen molar-refractivity contribution in [1.82, 2.24) is 10.3 Å². The highest BCUT2D eigenvalue weighted by Gasteiger charge is 2.20. The first-order chi connectivity index (χ1) is 8.16. The molecule has 1 aliphatic rings. The molecule has 0 bridgehead atoms. The normalized spacial score (nSPS) is 24.3. The fourth-order valence-electron chi connectivity index (χ4n) is 2.01. The predicted octanol–water partition coefficient (Wildman–Crippen LogP) is 1.54. The molecule has 2 atom stereocenters. The lowest BCUT2D eigenvalue weighted by atomic mass is 10.00. The van der Waals surface area contributed by atoms with Gasteiger partial charge in [-0.25, -0.2) is 4.98 Å². The highest BCUT2D eigenvalue weighted by atomic mass is 16.6. The van der Waals surface area contributed by atoms with Gasteiger partial charge in [0.15, 0.2) is 0 Å². The highest BCUT2D eigenvalue weighted by Crippen LogP contribution is 2.16. The Morgan fingerprint density at radius 3 is 3.00 bits per heavy atom. The maximum absolute atomic E-state index is 10.5. The molecule has 0 radical (unpaired) electrons. The summed E-state index contributed by atoms with van der Waals surface area (Å²) in [6.45, 7) is 3.18. The van der Waals surface area contributed by atoms with Gasteiger partial charge in [0.1, 0.15) is 12.0 Å². The van der Waals surface area contributed by atoms with Crippen molar-refractivity contribution in [2.24, 2.45) is 0 Å². The third-order valence-corrected chi connectivity index (χ3v) is 3.05. The van der Waals surface area contributed by atoms with Crippen LogP contribution in [0.3, 0.4) is 0 Å². The van der Waals surface area contributed by atoms with Crippen LogP contribution in [0, 0.1) is 10.1 Å². The Balaban J connectivity index is 2.00. The molecule has 1 aliphatic heterocycles. The van der Waals surface area contributed by atoms with Crippen LogP contribution in [0.25, 0.3) is 0 Å². The molecule has 6 nitrogen and oxygen atoms in total. The summed E-state index contributed by atoms with van der Waals surface area (Å²) in [5.74, 6) is 0.691. The number of rotatable bonds is 3. The first-order valence-electron chi connectivity index (χ1n) is 5.77. The minimum atomic E-state index is -0.443. The zero-order valence-corrected chi connectivity index (χ0v) is 9.72. The molecular formula is C11H16N4O2. The van der Waals surface area contributed by atoms with Crippen LogP contribution in [-0.2, 0) is 0 Å². The van der Waals surface area contributed by atoms with E-state index >= 15 is 0 Å². The molecule has 0 saturated carbocycles. The number of aromatic nitrogens is 1. The van der Waals surface area contributed by atoms with Gasteiger partial charge in [-0.1, -0.05) is 0 Å². The number of pyridine rings is 1. The first kappa shape index (κ1) is 11.8. The second-order valence-corrected chi connectivity index (χ2v) is 4.29. The summed E-state index contributed by atoms with van der Waals surface area (Å²) in [5.41, 5.74) is 0.0189. The topological polar surface area (TPSA) is 80.1 Å². The molecule has 2 rings (SSSR count). The summed E-state index contributed by atoms with van der Waals surface area (Å²) in [7, 11) is 0. The molecule has 0 spiro atoms. The van der Waals surface area contributed by atoms with E-state index in [4.69, 9.17) is 0 Å². The number of nitrogens with zero attached hydrogens (tertiary/aromatic N) is 2. The summed E-state index contributed by atoms with van der Waals surface area (Å²) in [5, 5.41) is 17.2. The third-order valence-electron chi connectivity index (χ3n) is 3.05. The van der Waals surface area contributed by atoms with E-state index in [2.05, 4.69) is 22.5 Å². The van der Waals surface area contributed by atoms with Gasteiger partial charge in [-0.05, 0) is 32.4 Å². The Kier molecular flexibility index (Phi) is 3.53. The van der Waals surface area contributed by atoms with Crippen molar-refractivity contribution in [2.45, 2.75) is 31.8 Å². The number of anilines is 1. The number of nitrogens with one attached hydrogen (secondary N) is 2. The molecule has 17 heavy (non-hydrogen) atoms. The highest BCUT2D eigenvalue weighted by molar-refractivity contribution is 5.41. The molecule has 6 heteroatoms. The minimum absolute atomic E-state index is 0.0189. The molecule has 2 heterocycles. The van der Waals surface area contributed by atoms with E-state index in [0.717, 1.165) is 19.4 Å². The van der Waals surface area contributed by atoms with Gasteiger partial charge in [0.05, 0.1) is 4.92 Å². The van der Waals surface area contributed by atoms with Gasteiger partial charge in [-0.2, -0.15) is 0 Å². The summed E-state index contributed by atoms with van der Waals surface area (Å²) in [6.07, 6.45) is 3.51. The minimum Gasteiger partial charge on any atom is -0.366 e. The first-order valence-corrected chi connectivity index (χ1v) is 5.77. The summed E-state index contributed by atoms with van der Waals surface area (Å²) >= 11 is 0. The Morgan fingerprint density at radius 1 is 1.59 bits per heavy atom. The zero-order chi connectivity index (χ0) is 12.3. The molecule has 92 valence electrons. The average Bonchev–Trinajstić information content (AvgIpc) is 2.33. The molecule has 0 amide bonds. The third kappa shape index (κ3) is 2.91. The van der Waals surface area contributed by atoms with E-state index in [9.17, 15) is 10.1 Å². The van der Waals surface area contributed by atoms with Crippen molar-refractivity contribution in [3.05, 3.63) is 28.4 Å². The lowest BCUT2D eigenvalue weighted by Crippen LogP contribution is -2.46. The fourth-order valence-corrected chi connectivity index (χ4v) is 2.01. The number of nitro groups is 1. The predicted molar refractivity (Wildman–Crippen MR) is 65.0 cm³/mol. The van der Waals surface area contributed by atoms with Gasteiger partial charge in [0.25, 0.3) is 5.69 Å². The van der Waals surface area contributed by atoms with Crippen LogP contribution in [-0.4, -0.2) is 28.5 Å². The van der Waals surface area contributed by atoms with Crippen molar-refractivity contribution in [3.63, 3.8) is 0 Å². The van der Waals surface area contributed by atoms with Crippen LogP contribution in [0.2, 0.25) is 0 Å². The van der Waals surface area contributed by atoms with E-state index in [-0.39, 0.29) is 5.69 Å². The van der Waals surface area contributed by atoms with Crippen molar-refractivity contribution < 1.29 is 4.92 Å². The number of piperidine rings is 1. The molecule has 2 N–H and O–H groups in total. The molecular weight excluding hydrogens is 220 g/mol. The molecule has 1 aromatic rings. The van der Waals surface area contributed by atoms with Crippen molar-refractivity contribution in [3.8, 4) is 0 Å². The maximum atomic E-state index is 10.5. The van der Waals surface area contributed by atoms with E-state index in [1.54, 1.807) is 6.07 Å². The summed E-state index contributed by atoms with van der Waals surface area (Å²) in [6, 6.07) is 3.84. The molecule has 1 fully saturated rings. The monoisotopic (exact) mass is 236 g/mol. The molecule has 1 aromatic heterocycles. The second kappa shape index (κ2) is 5.09. The Hall–Kier alpha value is -1.69. The molecule has 0 aromatic carbocycles. The van der Waals surface area contributed by atoms with Gasteiger partial charge < -0.3 is 10.6 Å². The molecule has 1 saturated heterocycles. The van der Waals surface area contributed by atoms with Crippen molar-refractivity contribution in [1.29, 1.82) is 0 Å². The van der Waals surface area contributed by atoms with Gasteiger partial charge in [0, 0.05) is 18.2 Å². The zero-order valence-electron chi connectivity index (χ0n) is 9.72. The van der Waals surface area contributed by atoms with Crippen molar-refractivity contribution in [2.75, 3.05) is 11.9 Å². The summed E-state index contributed by atoms with van der Waals surface area (Å²) in [4.78, 5) is 14.1. The van der Waals surface area contributed by atoms with E-state index < -0.39 is 4.92 Å². The van der Waals surface area contributed by atoms with Crippen LogP contribution < -0.4 is 10.6 Å². The number of hydrogen-bond acceptors (Lipinski definition) is 5. The molecule has 2 unspecified atom stereocenters. The largest absolute Gasteiger partial charge is 0.366 e. The van der Waals surface area contributed by atoms with Gasteiger partial charge in [-0.15, -0.1) is 0 Å². The Morgan fingerprint density at radius 2 is 2.41 bits per heavy atom.